The lowest BCUT2D eigenvalue weighted by atomic mass is 10.1. The van der Waals surface area contributed by atoms with Gasteiger partial charge in [-0.1, -0.05) is 31.5 Å². The van der Waals surface area contributed by atoms with Crippen LogP contribution in [0.25, 0.3) is 0 Å². The van der Waals surface area contributed by atoms with Crippen molar-refractivity contribution in [3.63, 3.8) is 0 Å². The summed E-state index contributed by atoms with van der Waals surface area (Å²) in [5, 5.41) is 2.75. The maximum Gasteiger partial charge on any atom is 0.306 e. The Morgan fingerprint density at radius 3 is 2.24 bits per heavy atom. The summed E-state index contributed by atoms with van der Waals surface area (Å²) in [5.74, 6) is -0.197. The summed E-state index contributed by atoms with van der Waals surface area (Å²) in [4.78, 5) is 35.6. The third kappa shape index (κ3) is 7.78. The van der Waals surface area contributed by atoms with E-state index in [1.54, 1.807) is 38.1 Å². The number of hydrogen-bond acceptors (Lipinski definition) is 5. The maximum absolute atomic E-state index is 12.1. The predicted molar refractivity (Wildman–Crippen MR) is 111 cm³/mol. The van der Waals surface area contributed by atoms with Crippen molar-refractivity contribution >= 4 is 23.3 Å². The van der Waals surface area contributed by atoms with Crippen LogP contribution in [-0.2, 0) is 14.3 Å². The van der Waals surface area contributed by atoms with E-state index < -0.39 is 5.97 Å². The second kappa shape index (κ2) is 11.0. The molecule has 0 bridgehead atoms. The highest BCUT2D eigenvalue weighted by atomic mass is 16.5. The van der Waals surface area contributed by atoms with Gasteiger partial charge in [-0.25, -0.2) is 0 Å². The smallest absolute Gasteiger partial charge is 0.306 e. The molecule has 0 spiro atoms. The molecule has 0 fully saturated rings. The van der Waals surface area contributed by atoms with Gasteiger partial charge in [-0.2, -0.15) is 0 Å². The SMILES string of the molecule is Cc1ccc(OCCCC(=O)OCC(=O)c2ccc(NC(=O)C(C)C)cc2)cc1. The minimum Gasteiger partial charge on any atom is -0.494 e. The molecule has 0 aliphatic carbocycles. The standard InChI is InChI=1S/C23H27NO5/c1-16(2)23(27)24-19-10-8-18(9-11-19)21(25)15-29-22(26)5-4-14-28-20-12-6-17(3)7-13-20/h6-13,16H,4-5,14-15H2,1-3H3,(H,24,27). The van der Waals surface area contributed by atoms with Crippen molar-refractivity contribution in [1.82, 2.24) is 0 Å². The van der Waals surface area contributed by atoms with Crippen molar-refractivity contribution in [2.24, 2.45) is 5.92 Å². The monoisotopic (exact) mass is 397 g/mol. The lowest BCUT2D eigenvalue weighted by Gasteiger charge is -2.09. The van der Waals surface area contributed by atoms with Gasteiger partial charge >= 0.3 is 5.97 Å². The highest BCUT2D eigenvalue weighted by Gasteiger charge is 2.11. The Hall–Kier alpha value is -3.15. The molecule has 154 valence electrons. The average molecular weight is 397 g/mol. The molecular weight excluding hydrogens is 370 g/mol. The van der Waals surface area contributed by atoms with E-state index in [0.717, 1.165) is 11.3 Å². The van der Waals surface area contributed by atoms with Crippen molar-refractivity contribution in [3.8, 4) is 5.75 Å². The largest absolute Gasteiger partial charge is 0.494 e. The number of anilines is 1. The van der Waals surface area contributed by atoms with Gasteiger partial charge in [0.2, 0.25) is 5.91 Å². The molecule has 0 radical (unpaired) electrons. The number of benzene rings is 2. The van der Waals surface area contributed by atoms with Crippen LogP contribution >= 0.6 is 0 Å². The molecule has 6 nitrogen and oxygen atoms in total. The molecule has 29 heavy (non-hydrogen) atoms. The summed E-state index contributed by atoms with van der Waals surface area (Å²) < 4.78 is 10.6. The molecule has 2 rings (SSSR count). The fourth-order valence-electron chi connectivity index (χ4n) is 2.37. The molecule has 0 unspecified atom stereocenters. The zero-order chi connectivity index (χ0) is 21.2. The molecule has 1 N–H and O–H groups in total. The zero-order valence-electron chi connectivity index (χ0n) is 17.1. The molecule has 0 atom stereocenters. The van der Waals surface area contributed by atoms with Gasteiger partial charge in [-0.15, -0.1) is 0 Å². The second-order valence-electron chi connectivity index (χ2n) is 7.07. The lowest BCUT2D eigenvalue weighted by Crippen LogP contribution is -2.18. The maximum atomic E-state index is 12.1. The van der Waals surface area contributed by atoms with E-state index in [1.807, 2.05) is 31.2 Å². The molecule has 0 heterocycles. The number of carbonyl (C=O) groups is 3. The summed E-state index contributed by atoms with van der Waals surface area (Å²) in [6.45, 7) is 5.69. The Labute approximate surface area is 171 Å². The van der Waals surface area contributed by atoms with Crippen molar-refractivity contribution < 1.29 is 23.9 Å². The van der Waals surface area contributed by atoms with Crippen LogP contribution in [0.15, 0.2) is 48.5 Å². The predicted octanol–water partition coefficient (Wildman–Crippen LogP) is 4.17. The molecule has 1 amide bonds. The molecule has 0 aliphatic heterocycles. The van der Waals surface area contributed by atoms with Gasteiger partial charge in [0.1, 0.15) is 5.75 Å². The van der Waals surface area contributed by atoms with E-state index in [2.05, 4.69) is 5.32 Å². The topological polar surface area (TPSA) is 81.7 Å². The number of amides is 1. The van der Waals surface area contributed by atoms with Gasteiger partial charge in [0.05, 0.1) is 6.61 Å². The van der Waals surface area contributed by atoms with Gasteiger partial charge in [-0.05, 0) is 49.7 Å². The van der Waals surface area contributed by atoms with Gasteiger partial charge in [0.25, 0.3) is 0 Å². The van der Waals surface area contributed by atoms with Crippen molar-refractivity contribution in [2.75, 3.05) is 18.5 Å². The highest BCUT2D eigenvalue weighted by Crippen LogP contribution is 2.13. The van der Waals surface area contributed by atoms with Crippen molar-refractivity contribution in [3.05, 3.63) is 59.7 Å². The van der Waals surface area contributed by atoms with E-state index in [-0.39, 0.29) is 30.6 Å². The lowest BCUT2D eigenvalue weighted by molar-refractivity contribution is -0.142. The number of esters is 1. The summed E-state index contributed by atoms with van der Waals surface area (Å²) >= 11 is 0. The molecule has 2 aromatic rings. The quantitative estimate of drug-likeness (QED) is 0.370. The van der Waals surface area contributed by atoms with Crippen LogP contribution in [0.4, 0.5) is 5.69 Å². The molecule has 6 heteroatoms. The number of ether oxygens (including phenoxy) is 2. The first-order chi connectivity index (χ1) is 13.8. The van der Waals surface area contributed by atoms with E-state index >= 15 is 0 Å². The first-order valence-corrected chi connectivity index (χ1v) is 9.64. The van der Waals surface area contributed by atoms with E-state index in [0.29, 0.717) is 24.3 Å². The van der Waals surface area contributed by atoms with Crippen LogP contribution in [0, 0.1) is 12.8 Å². The summed E-state index contributed by atoms with van der Waals surface area (Å²) in [7, 11) is 0. The van der Waals surface area contributed by atoms with Crippen LogP contribution in [-0.4, -0.2) is 30.9 Å². The van der Waals surface area contributed by atoms with E-state index in [1.165, 1.54) is 0 Å². The highest BCUT2D eigenvalue weighted by molar-refractivity contribution is 5.99. The first-order valence-electron chi connectivity index (χ1n) is 9.64. The number of aryl methyl sites for hydroxylation is 1. The van der Waals surface area contributed by atoms with Gasteiger partial charge < -0.3 is 14.8 Å². The van der Waals surface area contributed by atoms with Crippen LogP contribution in [0.5, 0.6) is 5.75 Å². The fourth-order valence-corrected chi connectivity index (χ4v) is 2.37. The Balaban J connectivity index is 1.67. The number of ketones is 1. The van der Waals surface area contributed by atoms with Gasteiger partial charge in [0, 0.05) is 23.6 Å². The Morgan fingerprint density at radius 1 is 0.966 bits per heavy atom. The third-order valence-corrected chi connectivity index (χ3v) is 4.18. The number of rotatable bonds is 10. The molecule has 0 saturated heterocycles. The Kier molecular flexibility index (Phi) is 8.40. The second-order valence-corrected chi connectivity index (χ2v) is 7.07. The molecule has 0 aromatic heterocycles. The summed E-state index contributed by atoms with van der Waals surface area (Å²) in [6, 6.07) is 14.2. The normalized spacial score (nSPS) is 10.5. The Morgan fingerprint density at radius 2 is 1.62 bits per heavy atom. The van der Waals surface area contributed by atoms with Crippen LogP contribution in [0.1, 0.15) is 42.6 Å². The summed E-state index contributed by atoms with van der Waals surface area (Å²) in [5.41, 5.74) is 2.19. The van der Waals surface area contributed by atoms with Crippen molar-refractivity contribution in [1.29, 1.82) is 0 Å². The van der Waals surface area contributed by atoms with Crippen molar-refractivity contribution in [2.45, 2.75) is 33.6 Å². The first kappa shape index (κ1) is 22.1. The molecular formula is C23H27NO5. The van der Waals surface area contributed by atoms with Crippen LogP contribution < -0.4 is 10.1 Å². The van der Waals surface area contributed by atoms with Crippen LogP contribution in [0.3, 0.4) is 0 Å². The number of hydrogen-bond donors (Lipinski definition) is 1. The van der Waals surface area contributed by atoms with E-state index in [4.69, 9.17) is 9.47 Å². The van der Waals surface area contributed by atoms with E-state index in [9.17, 15) is 14.4 Å². The third-order valence-electron chi connectivity index (χ3n) is 4.18. The van der Waals surface area contributed by atoms with Gasteiger partial charge in [-0.3, -0.25) is 14.4 Å². The minimum absolute atomic E-state index is 0.0932. The number of Topliss-reactive ketones (excluding diaryl/α,β-unsaturated/α-hetero) is 1. The number of nitrogens with one attached hydrogen (secondary N) is 1. The molecule has 0 aliphatic rings. The fraction of sp³-hybridized carbons (Fsp3) is 0.348. The molecule has 2 aromatic carbocycles. The number of carbonyl (C=O) groups excluding carboxylic acids is 3. The van der Waals surface area contributed by atoms with Gasteiger partial charge in [0.15, 0.2) is 12.4 Å². The zero-order valence-corrected chi connectivity index (χ0v) is 17.1. The average Bonchev–Trinajstić information content (AvgIpc) is 2.71. The van der Waals surface area contributed by atoms with Crippen LogP contribution in [0.2, 0.25) is 0 Å². The molecule has 0 saturated carbocycles. The Bertz CT molecular complexity index is 825. The minimum atomic E-state index is -0.438. The summed E-state index contributed by atoms with van der Waals surface area (Å²) in [6.07, 6.45) is 0.685.